The van der Waals surface area contributed by atoms with Crippen molar-refractivity contribution in [3.8, 4) is 0 Å². The molecule has 0 amide bonds. The molecular weight excluding hydrogens is 176 g/mol. The van der Waals surface area contributed by atoms with E-state index in [0.29, 0.717) is 6.54 Å². The first-order chi connectivity index (χ1) is 6.84. The molecule has 14 heavy (non-hydrogen) atoms. The van der Waals surface area contributed by atoms with Gasteiger partial charge in [-0.1, -0.05) is 0 Å². The third-order valence-electron chi connectivity index (χ3n) is 1.88. The van der Waals surface area contributed by atoms with Crippen LogP contribution in [0.1, 0.15) is 11.5 Å². The van der Waals surface area contributed by atoms with Gasteiger partial charge in [-0.2, -0.15) is 0 Å². The Hall–Kier alpha value is -1.84. The highest BCUT2D eigenvalue weighted by Crippen LogP contribution is 1.95. The molecule has 0 aliphatic heterocycles. The summed E-state index contributed by atoms with van der Waals surface area (Å²) in [7, 11) is 0. The minimum Gasteiger partial charge on any atom is -0.320 e. The fourth-order valence-electron chi connectivity index (χ4n) is 1.22. The molecular formula is C10H12N4. The predicted molar refractivity (Wildman–Crippen MR) is 54.3 cm³/mol. The fraction of sp³-hybridized carbons (Fsp3) is 0.200. The van der Waals surface area contributed by atoms with Gasteiger partial charge in [0.25, 0.3) is 0 Å². The molecule has 0 unspecified atom stereocenters. The molecule has 4 nitrogen and oxygen atoms in total. The van der Waals surface area contributed by atoms with Crippen LogP contribution in [-0.2, 0) is 6.54 Å². The van der Waals surface area contributed by atoms with Crippen molar-refractivity contribution >= 4 is 0 Å². The lowest BCUT2D eigenvalue weighted by molar-refractivity contribution is 0.818. The molecule has 0 aliphatic rings. The van der Waals surface area contributed by atoms with Crippen molar-refractivity contribution in [2.75, 3.05) is 5.43 Å². The molecule has 4 heteroatoms. The molecule has 2 aromatic rings. The summed E-state index contributed by atoms with van der Waals surface area (Å²) >= 11 is 0. The van der Waals surface area contributed by atoms with E-state index in [-0.39, 0.29) is 0 Å². The van der Waals surface area contributed by atoms with Gasteiger partial charge in [-0.3, -0.25) is 4.68 Å². The first-order valence-electron chi connectivity index (χ1n) is 4.50. The average Bonchev–Trinajstić information content (AvgIpc) is 2.67. The van der Waals surface area contributed by atoms with E-state index in [0.717, 1.165) is 11.5 Å². The predicted octanol–water partition coefficient (Wildman–Crippen LogP) is 1.33. The minimum atomic E-state index is 0.706. The summed E-state index contributed by atoms with van der Waals surface area (Å²) in [4.78, 5) is 8.32. The van der Waals surface area contributed by atoms with E-state index in [9.17, 15) is 0 Å². The summed E-state index contributed by atoms with van der Waals surface area (Å²) in [6.45, 7) is 2.59. The van der Waals surface area contributed by atoms with Crippen LogP contribution in [0.3, 0.4) is 0 Å². The van der Waals surface area contributed by atoms with Gasteiger partial charge >= 0.3 is 0 Å². The second kappa shape index (κ2) is 3.91. The molecule has 0 saturated carbocycles. The Morgan fingerprint density at radius 2 is 2.14 bits per heavy atom. The quantitative estimate of drug-likeness (QED) is 0.790. The van der Waals surface area contributed by atoms with E-state index in [1.807, 2.05) is 42.2 Å². The molecule has 1 N–H and O–H groups in total. The van der Waals surface area contributed by atoms with Crippen molar-refractivity contribution in [3.63, 3.8) is 0 Å². The maximum atomic E-state index is 4.29. The number of nitrogens with one attached hydrogen (secondary N) is 1. The monoisotopic (exact) mass is 188 g/mol. The maximum absolute atomic E-state index is 4.29. The summed E-state index contributed by atoms with van der Waals surface area (Å²) in [5, 5.41) is 0. The van der Waals surface area contributed by atoms with Crippen LogP contribution in [0.5, 0.6) is 0 Å². The zero-order chi connectivity index (χ0) is 9.80. The van der Waals surface area contributed by atoms with Gasteiger partial charge in [0.1, 0.15) is 5.82 Å². The lowest BCUT2D eigenvalue weighted by Crippen LogP contribution is -2.13. The molecule has 72 valence electrons. The largest absolute Gasteiger partial charge is 0.320 e. The van der Waals surface area contributed by atoms with Crippen LogP contribution < -0.4 is 5.43 Å². The van der Waals surface area contributed by atoms with Gasteiger partial charge in [-0.25, -0.2) is 9.97 Å². The Balaban J connectivity index is 1.98. The van der Waals surface area contributed by atoms with Gasteiger partial charge in [0.05, 0.1) is 12.2 Å². The molecule has 0 atom stereocenters. The van der Waals surface area contributed by atoms with E-state index in [1.165, 1.54) is 0 Å². The molecule has 0 bridgehead atoms. The standard InChI is InChI=1S/C10H12N4/c1-9-11-5-4-10(13-9)8-12-14-6-2-3-7-14/h2-7,12H,8H2,1H3. The van der Waals surface area contributed by atoms with Crippen molar-refractivity contribution in [2.45, 2.75) is 13.5 Å². The third-order valence-corrected chi connectivity index (χ3v) is 1.88. The highest BCUT2D eigenvalue weighted by atomic mass is 15.4. The Labute approximate surface area is 82.6 Å². The first-order valence-corrected chi connectivity index (χ1v) is 4.50. The van der Waals surface area contributed by atoms with Crippen LogP contribution in [-0.4, -0.2) is 14.6 Å². The number of rotatable bonds is 3. The van der Waals surface area contributed by atoms with Crippen LogP contribution in [0.15, 0.2) is 36.8 Å². The number of nitrogens with zero attached hydrogens (tertiary/aromatic N) is 3. The lowest BCUT2D eigenvalue weighted by atomic mass is 10.4. The molecule has 0 aliphatic carbocycles. The number of aryl methyl sites for hydroxylation is 1. The van der Waals surface area contributed by atoms with Gasteiger partial charge in [0.2, 0.25) is 0 Å². The van der Waals surface area contributed by atoms with Gasteiger partial charge in [-0.15, -0.1) is 0 Å². The van der Waals surface area contributed by atoms with E-state index >= 15 is 0 Å². The van der Waals surface area contributed by atoms with Crippen molar-refractivity contribution in [3.05, 3.63) is 48.3 Å². The maximum Gasteiger partial charge on any atom is 0.125 e. The molecule has 0 saturated heterocycles. The van der Waals surface area contributed by atoms with Crippen LogP contribution >= 0.6 is 0 Å². The number of hydrogen-bond donors (Lipinski definition) is 1. The van der Waals surface area contributed by atoms with Crippen LogP contribution in [0, 0.1) is 6.92 Å². The molecule has 0 radical (unpaired) electrons. The number of hydrogen-bond acceptors (Lipinski definition) is 3. The molecule has 2 rings (SSSR count). The molecule has 2 aromatic heterocycles. The SMILES string of the molecule is Cc1nccc(CNn2cccc2)n1. The van der Waals surface area contributed by atoms with Crippen molar-refractivity contribution in [2.24, 2.45) is 0 Å². The highest BCUT2D eigenvalue weighted by molar-refractivity contribution is 5.04. The van der Waals surface area contributed by atoms with Gasteiger partial charge in [0.15, 0.2) is 0 Å². The summed E-state index contributed by atoms with van der Waals surface area (Å²) in [6, 6.07) is 5.85. The lowest BCUT2D eigenvalue weighted by Gasteiger charge is -2.06. The Kier molecular flexibility index (Phi) is 2.44. The highest BCUT2D eigenvalue weighted by Gasteiger charge is 1.94. The average molecular weight is 188 g/mol. The van der Waals surface area contributed by atoms with E-state index in [2.05, 4.69) is 15.4 Å². The third kappa shape index (κ3) is 2.10. The summed E-state index contributed by atoms with van der Waals surface area (Å²) in [5.41, 5.74) is 4.19. The molecule has 0 fully saturated rings. The zero-order valence-electron chi connectivity index (χ0n) is 8.01. The number of aromatic nitrogens is 3. The summed E-state index contributed by atoms with van der Waals surface area (Å²) < 4.78 is 1.90. The van der Waals surface area contributed by atoms with Gasteiger partial charge in [0, 0.05) is 18.6 Å². The van der Waals surface area contributed by atoms with Gasteiger partial charge in [-0.05, 0) is 25.1 Å². The van der Waals surface area contributed by atoms with Gasteiger partial charge < -0.3 is 5.43 Å². The van der Waals surface area contributed by atoms with E-state index < -0.39 is 0 Å². The Bertz CT molecular complexity index is 394. The van der Waals surface area contributed by atoms with E-state index in [1.54, 1.807) is 6.20 Å². The normalized spacial score (nSPS) is 10.1. The summed E-state index contributed by atoms with van der Waals surface area (Å²) in [5.74, 6) is 0.803. The van der Waals surface area contributed by atoms with Crippen molar-refractivity contribution < 1.29 is 0 Å². The summed E-state index contributed by atoms with van der Waals surface area (Å²) in [6.07, 6.45) is 5.68. The van der Waals surface area contributed by atoms with E-state index in [4.69, 9.17) is 0 Å². The fourth-order valence-corrected chi connectivity index (χ4v) is 1.22. The molecule has 0 spiro atoms. The zero-order valence-corrected chi connectivity index (χ0v) is 8.01. The van der Waals surface area contributed by atoms with Crippen molar-refractivity contribution in [1.82, 2.24) is 14.6 Å². The van der Waals surface area contributed by atoms with Crippen LogP contribution in [0.25, 0.3) is 0 Å². The van der Waals surface area contributed by atoms with Crippen LogP contribution in [0.4, 0.5) is 0 Å². The van der Waals surface area contributed by atoms with Crippen molar-refractivity contribution in [1.29, 1.82) is 0 Å². The molecule has 2 heterocycles. The Morgan fingerprint density at radius 3 is 2.86 bits per heavy atom. The molecule has 0 aromatic carbocycles. The minimum absolute atomic E-state index is 0.706. The topological polar surface area (TPSA) is 42.7 Å². The smallest absolute Gasteiger partial charge is 0.125 e. The first kappa shape index (κ1) is 8.74. The second-order valence-corrected chi connectivity index (χ2v) is 3.02. The van der Waals surface area contributed by atoms with Crippen LogP contribution in [0.2, 0.25) is 0 Å². The Morgan fingerprint density at radius 1 is 1.36 bits per heavy atom. The second-order valence-electron chi connectivity index (χ2n) is 3.02.